The number of carbonyl (C=O) groups excluding carboxylic acids is 1. The van der Waals surface area contributed by atoms with Gasteiger partial charge in [0, 0.05) is 12.6 Å². The Morgan fingerprint density at radius 2 is 2.15 bits per heavy atom. The fourth-order valence-corrected chi connectivity index (χ4v) is 1.63. The fraction of sp³-hybridized carbons (Fsp3) is 0.143. The van der Waals surface area contributed by atoms with Crippen LogP contribution in [0.5, 0.6) is 0 Å². The summed E-state index contributed by atoms with van der Waals surface area (Å²) in [5.41, 5.74) is 0.540. The SMILES string of the molecule is C=CCN(CC(=O)O)C(=O)C=Cc1ccc(F)c(Cl)c1. The van der Waals surface area contributed by atoms with Crippen LogP contribution in [-0.2, 0) is 9.59 Å². The highest BCUT2D eigenvalue weighted by molar-refractivity contribution is 6.30. The predicted molar refractivity (Wildman–Crippen MR) is 74.9 cm³/mol. The Kier molecular flexibility index (Phi) is 5.93. The summed E-state index contributed by atoms with van der Waals surface area (Å²) in [5.74, 6) is -2.14. The molecule has 20 heavy (non-hydrogen) atoms. The predicted octanol–water partition coefficient (Wildman–Crippen LogP) is 2.59. The smallest absolute Gasteiger partial charge is 0.323 e. The van der Waals surface area contributed by atoms with Gasteiger partial charge in [-0.1, -0.05) is 23.7 Å². The number of rotatable bonds is 6. The van der Waals surface area contributed by atoms with Crippen LogP contribution in [0.25, 0.3) is 6.08 Å². The Morgan fingerprint density at radius 3 is 2.70 bits per heavy atom. The Labute approximate surface area is 120 Å². The molecule has 0 fully saturated rings. The van der Waals surface area contributed by atoms with Crippen molar-refractivity contribution in [1.82, 2.24) is 4.90 Å². The lowest BCUT2D eigenvalue weighted by atomic mass is 10.2. The minimum atomic E-state index is -1.11. The number of halogens is 2. The molecule has 1 aromatic carbocycles. The van der Waals surface area contributed by atoms with E-state index in [9.17, 15) is 14.0 Å². The van der Waals surface area contributed by atoms with E-state index in [0.717, 1.165) is 4.90 Å². The lowest BCUT2D eigenvalue weighted by Crippen LogP contribution is -2.34. The van der Waals surface area contributed by atoms with Crippen molar-refractivity contribution in [3.63, 3.8) is 0 Å². The van der Waals surface area contributed by atoms with Gasteiger partial charge in [-0.3, -0.25) is 9.59 Å². The van der Waals surface area contributed by atoms with Crippen LogP contribution in [0.2, 0.25) is 5.02 Å². The highest BCUT2D eigenvalue weighted by atomic mass is 35.5. The van der Waals surface area contributed by atoms with Crippen LogP contribution in [0.15, 0.2) is 36.9 Å². The maximum absolute atomic E-state index is 13.0. The molecule has 0 atom stereocenters. The van der Waals surface area contributed by atoms with Crippen LogP contribution in [0.3, 0.4) is 0 Å². The number of carbonyl (C=O) groups is 2. The molecule has 0 aliphatic heterocycles. The fourth-order valence-electron chi connectivity index (χ4n) is 1.44. The molecule has 1 rings (SSSR count). The van der Waals surface area contributed by atoms with E-state index >= 15 is 0 Å². The number of carboxylic acids is 1. The first-order valence-electron chi connectivity index (χ1n) is 5.68. The molecule has 1 N–H and O–H groups in total. The molecule has 0 saturated heterocycles. The van der Waals surface area contributed by atoms with Gasteiger partial charge >= 0.3 is 5.97 Å². The Bertz CT molecular complexity index is 557. The molecular formula is C14H13ClFNO3. The molecule has 0 aliphatic carbocycles. The average Bonchev–Trinajstić information content (AvgIpc) is 2.39. The molecule has 0 saturated carbocycles. The maximum Gasteiger partial charge on any atom is 0.323 e. The number of carboxylic acid groups (broad SMARTS) is 1. The van der Waals surface area contributed by atoms with Gasteiger partial charge in [0.2, 0.25) is 5.91 Å². The zero-order chi connectivity index (χ0) is 15.1. The number of nitrogens with zero attached hydrogens (tertiary/aromatic N) is 1. The van der Waals surface area contributed by atoms with Gasteiger partial charge in [0.1, 0.15) is 12.4 Å². The van der Waals surface area contributed by atoms with Crippen LogP contribution < -0.4 is 0 Å². The molecule has 106 valence electrons. The second-order valence-electron chi connectivity index (χ2n) is 3.91. The molecule has 0 aliphatic rings. The van der Waals surface area contributed by atoms with Gasteiger partial charge in [-0.05, 0) is 23.8 Å². The molecular weight excluding hydrogens is 285 g/mol. The third kappa shape index (κ3) is 4.85. The van der Waals surface area contributed by atoms with Crippen LogP contribution in [0, 0.1) is 5.82 Å². The van der Waals surface area contributed by atoms with Gasteiger partial charge in [0.05, 0.1) is 5.02 Å². The second kappa shape index (κ2) is 7.45. The van der Waals surface area contributed by atoms with Crippen molar-refractivity contribution >= 4 is 29.6 Å². The number of hydrogen-bond acceptors (Lipinski definition) is 2. The molecule has 0 unspecified atom stereocenters. The zero-order valence-electron chi connectivity index (χ0n) is 10.6. The molecule has 6 heteroatoms. The maximum atomic E-state index is 13.0. The van der Waals surface area contributed by atoms with E-state index in [4.69, 9.17) is 16.7 Å². The van der Waals surface area contributed by atoms with Gasteiger partial charge in [-0.15, -0.1) is 6.58 Å². The summed E-state index contributed by atoms with van der Waals surface area (Å²) < 4.78 is 13.0. The first kappa shape index (κ1) is 15.9. The third-order valence-electron chi connectivity index (χ3n) is 2.35. The highest BCUT2D eigenvalue weighted by Crippen LogP contribution is 2.16. The molecule has 1 aromatic rings. The van der Waals surface area contributed by atoms with Gasteiger partial charge in [0.25, 0.3) is 0 Å². The Hall–Kier alpha value is -2.14. The van der Waals surface area contributed by atoms with Gasteiger partial charge in [-0.2, -0.15) is 0 Å². The number of aliphatic carboxylic acids is 1. The molecule has 0 bridgehead atoms. The van der Waals surface area contributed by atoms with Gasteiger partial charge in [0.15, 0.2) is 0 Å². The third-order valence-corrected chi connectivity index (χ3v) is 2.64. The number of benzene rings is 1. The van der Waals surface area contributed by atoms with Crippen molar-refractivity contribution in [2.24, 2.45) is 0 Å². The molecule has 0 spiro atoms. The minimum absolute atomic E-state index is 0.0481. The summed E-state index contributed by atoms with van der Waals surface area (Å²) >= 11 is 5.62. The summed E-state index contributed by atoms with van der Waals surface area (Å²) in [6.45, 7) is 3.17. The minimum Gasteiger partial charge on any atom is -0.480 e. The molecule has 4 nitrogen and oxygen atoms in total. The van der Waals surface area contributed by atoms with Crippen molar-refractivity contribution in [3.05, 3.63) is 53.3 Å². The number of hydrogen-bond donors (Lipinski definition) is 1. The van der Waals surface area contributed by atoms with Gasteiger partial charge in [-0.25, -0.2) is 4.39 Å². The van der Waals surface area contributed by atoms with E-state index < -0.39 is 24.2 Å². The van der Waals surface area contributed by atoms with Crippen LogP contribution in [0.4, 0.5) is 4.39 Å². The summed E-state index contributed by atoms with van der Waals surface area (Å²) in [7, 11) is 0. The molecule has 0 heterocycles. The van der Waals surface area contributed by atoms with E-state index in [-0.39, 0.29) is 11.6 Å². The molecule has 0 radical (unpaired) electrons. The van der Waals surface area contributed by atoms with Crippen molar-refractivity contribution in [1.29, 1.82) is 0 Å². The van der Waals surface area contributed by atoms with E-state index in [1.165, 1.54) is 36.4 Å². The van der Waals surface area contributed by atoms with Crippen LogP contribution in [-0.4, -0.2) is 35.0 Å². The summed E-state index contributed by atoms with van der Waals surface area (Å²) in [6, 6.07) is 4.01. The van der Waals surface area contributed by atoms with Crippen LogP contribution in [0.1, 0.15) is 5.56 Å². The highest BCUT2D eigenvalue weighted by Gasteiger charge is 2.12. The topological polar surface area (TPSA) is 57.6 Å². The van der Waals surface area contributed by atoms with Crippen molar-refractivity contribution in [2.45, 2.75) is 0 Å². The average molecular weight is 298 g/mol. The van der Waals surface area contributed by atoms with E-state index in [1.807, 2.05) is 0 Å². The first-order chi connectivity index (χ1) is 9.43. The Balaban J connectivity index is 2.80. The normalized spacial score (nSPS) is 10.5. The van der Waals surface area contributed by atoms with Gasteiger partial charge < -0.3 is 10.0 Å². The first-order valence-corrected chi connectivity index (χ1v) is 6.06. The lowest BCUT2D eigenvalue weighted by molar-refractivity contribution is -0.142. The van der Waals surface area contributed by atoms with E-state index in [0.29, 0.717) is 5.56 Å². The van der Waals surface area contributed by atoms with Crippen molar-refractivity contribution in [2.75, 3.05) is 13.1 Å². The van der Waals surface area contributed by atoms with Crippen LogP contribution >= 0.6 is 11.6 Å². The second-order valence-corrected chi connectivity index (χ2v) is 4.32. The zero-order valence-corrected chi connectivity index (χ0v) is 11.3. The monoisotopic (exact) mass is 297 g/mol. The lowest BCUT2D eigenvalue weighted by Gasteiger charge is -2.16. The summed E-state index contributed by atoms with van der Waals surface area (Å²) in [5, 5.41) is 8.65. The van der Waals surface area contributed by atoms with E-state index in [1.54, 1.807) is 0 Å². The molecule has 1 amide bonds. The Morgan fingerprint density at radius 1 is 1.45 bits per heavy atom. The van der Waals surface area contributed by atoms with Crippen molar-refractivity contribution in [3.8, 4) is 0 Å². The molecule has 0 aromatic heterocycles. The standard InChI is InChI=1S/C14H13ClFNO3/c1-2-7-17(9-14(19)20)13(18)6-4-10-3-5-12(16)11(15)8-10/h2-6,8H,1,7,9H2,(H,19,20). The number of amides is 1. The summed E-state index contributed by atoms with van der Waals surface area (Å²) in [6.07, 6.45) is 4.07. The quantitative estimate of drug-likeness (QED) is 0.648. The van der Waals surface area contributed by atoms with E-state index in [2.05, 4.69) is 6.58 Å². The summed E-state index contributed by atoms with van der Waals surface area (Å²) in [4.78, 5) is 23.6. The van der Waals surface area contributed by atoms with Crippen molar-refractivity contribution < 1.29 is 19.1 Å². The largest absolute Gasteiger partial charge is 0.480 e.